The van der Waals surface area contributed by atoms with Gasteiger partial charge in [0.25, 0.3) is 0 Å². The molecule has 1 rings (SSSR count). The van der Waals surface area contributed by atoms with Crippen LogP contribution >= 0.6 is 0 Å². The molecule has 3 unspecified atom stereocenters. The molecule has 0 aromatic heterocycles. The smallest absolute Gasteiger partial charge is 0.298 e. The Labute approximate surface area is 213 Å². The minimum atomic E-state index is -0.516. The van der Waals surface area contributed by atoms with Crippen LogP contribution in [-0.2, 0) is 29.1 Å². The number of unbranched alkanes of at least 4 members (excludes halogenated alkanes) is 5. The van der Waals surface area contributed by atoms with E-state index >= 15 is 0 Å². The Morgan fingerprint density at radius 2 is 1.43 bits per heavy atom. The predicted molar refractivity (Wildman–Crippen MR) is 139 cm³/mol. The van der Waals surface area contributed by atoms with Gasteiger partial charge in [-0.3, -0.25) is 9.78 Å². The lowest BCUT2D eigenvalue weighted by atomic mass is 9.76. The number of carbonyl (C=O) groups is 2. The summed E-state index contributed by atoms with van der Waals surface area (Å²) in [6.45, 7) is 13.3. The van der Waals surface area contributed by atoms with Gasteiger partial charge in [-0.1, -0.05) is 63.3 Å². The van der Waals surface area contributed by atoms with Gasteiger partial charge < -0.3 is 0 Å². The molecule has 6 heteroatoms. The fourth-order valence-corrected chi connectivity index (χ4v) is 3.99. The molecule has 35 heavy (non-hydrogen) atoms. The van der Waals surface area contributed by atoms with Crippen molar-refractivity contribution in [3.8, 4) is 0 Å². The Morgan fingerprint density at radius 3 is 2.06 bits per heavy atom. The topological polar surface area (TPSA) is 71.1 Å². The molecule has 0 aromatic carbocycles. The summed E-state index contributed by atoms with van der Waals surface area (Å²) in [4.78, 5) is 44.9. The molecule has 3 atom stereocenters. The van der Waals surface area contributed by atoms with Crippen molar-refractivity contribution in [3.63, 3.8) is 0 Å². The van der Waals surface area contributed by atoms with Crippen LogP contribution in [0.1, 0.15) is 119 Å². The molecule has 0 amide bonds. The van der Waals surface area contributed by atoms with Crippen molar-refractivity contribution in [2.24, 2.45) is 17.8 Å². The van der Waals surface area contributed by atoms with Crippen LogP contribution < -0.4 is 0 Å². The van der Waals surface area contributed by atoms with Crippen LogP contribution in [0.15, 0.2) is 24.3 Å². The second-order valence-corrected chi connectivity index (χ2v) is 11.7. The molecule has 0 heterocycles. The Bertz CT molecular complexity index is 668. The Hall–Kier alpha value is -1.66. The number of carbonyl (C=O) groups excluding carboxylic acids is 2. The van der Waals surface area contributed by atoms with E-state index in [0.717, 1.165) is 64.2 Å². The molecule has 0 saturated heterocycles. The van der Waals surface area contributed by atoms with Gasteiger partial charge in [0.15, 0.2) is 0 Å². The molecule has 1 aliphatic carbocycles. The van der Waals surface area contributed by atoms with E-state index < -0.39 is 11.2 Å². The van der Waals surface area contributed by atoms with Crippen molar-refractivity contribution in [1.82, 2.24) is 0 Å². The van der Waals surface area contributed by atoms with Crippen LogP contribution in [0.25, 0.3) is 0 Å². The van der Waals surface area contributed by atoms with E-state index in [2.05, 4.69) is 31.2 Å². The van der Waals surface area contributed by atoms with Crippen molar-refractivity contribution in [2.45, 2.75) is 130 Å². The van der Waals surface area contributed by atoms with Crippen molar-refractivity contribution in [1.29, 1.82) is 0 Å². The molecule has 6 nitrogen and oxygen atoms in total. The third-order valence-electron chi connectivity index (χ3n) is 5.78. The van der Waals surface area contributed by atoms with Gasteiger partial charge >= 0.3 is 11.9 Å². The highest BCUT2D eigenvalue weighted by Crippen LogP contribution is 2.35. The first-order valence-electron chi connectivity index (χ1n) is 13.5. The minimum Gasteiger partial charge on any atom is -0.298 e. The highest BCUT2D eigenvalue weighted by atomic mass is 17.2. The zero-order valence-corrected chi connectivity index (χ0v) is 23.3. The lowest BCUT2D eigenvalue weighted by Gasteiger charge is -2.30. The van der Waals surface area contributed by atoms with Crippen LogP contribution in [0, 0.1) is 17.8 Å². The molecule has 0 fully saturated rings. The number of hydrogen-bond donors (Lipinski definition) is 0. The van der Waals surface area contributed by atoms with Gasteiger partial charge in [0.2, 0.25) is 0 Å². The maximum atomic E-state index is 12.8. The van der Waals surface area contributed by atoms with Crippen molar-refractivity contribution in [2.75, 3.05) is 0 Å². The molecule has 1 aliphatic rings. The van der Waals surface area contributed by atoms with Gasteiger partial charge in [-0.2, -0.15) is 9.78 Å². The molecule has 0 aliphatic heterocycles. The van der Waals surface area contributed by atoms with Gasteiger partial charge in [0.05, 0.1) is 5.92 Å². The monoisotopic (exact) mass is 494 g/mol. The van der Waals surface area contributed by atoms with Gasteiger partial charge in [0, 0.05) is 6.42 Å². The first-order chi connectivity index (χ1) is 16.4. The fourth-order valence-electron chi connectivity index (χ4n) is 3.99. The number of rotatable bonds is 15. The molecule has 0 saturated carbocycles. The lowest BCUT2D eigenvalue weighted by molar-refractivity contribution is -0.324. The minimum absolute atomic E-state index is 0.158. The summed E-state index contributed by atoms with van der Waals surface area (Å²) in [6.07, 6.45) is 19.3. The first-order valence-corrected chi connectivity index (χ1v) is 13.5. The summed E-state index contributed by atoms with van der Waals surface area (Å²) in [5.74, 6) is -0.170. The molecular weight excluding hydrogens is 444 g/mol. The maximum absolute atomic E-state index is 12.8. The molecular formula is C29H50O6. The average Bonchev–Trinajstić information content (AvgIpc) is 2.77. The normalized spacial score (nSPS) is 20.8. The Kier molecular flexibility index (Phi) is 14.5. The Morgan fingerprint density at radius 1 is 0.829 bits per heavy atom. The highest BCUT2D eigenvalue weighted by molar-refractivity contribution is 5.73. The third-order valence-corrected chi connectivity index (χ3v) is 5.78. The van der Waals surface area contributed by atoms with Gasteiger partial charge in [-0.05, 0) is 85.5 Å². The second kappa shape index (κ2) is 16.2. The number of hydrogen-bond acceptors (Lipinski definition) is 6. The van der Waals surface area contributed by atoms with Gasteiger partial charge in [-0.25, -0.2) is 9.59 Å². The molecule has 0 spiro atoms. The second-order valence-electron chi connectivity index (χ2n) is 11.7. The largest absolute Gasteiger partial charge is 0.346 e. The fraction of sp³-hybridized carbons (Fsp3) is 0.793. The molecule has 0 aromatic rings. The summed E-state index contributed by atoms with van der Waals surface area (Å²) in [5, 5.41) is 0. The molecule has 0 bridgehead atoms. The van der Waals surface area contributed by atoms with E-state index in [4.69, 9.17) is 19.6 Å². The zero-order valence-electron chi connectivity index (χ0n) is 23.3. The molecule has 202 valence electrons. The Balaban J connectivity index is 2.33. The van der Waals surface area contributed by atoms with Gasteiger partial charge in [-0.15, -0.1) is 0 Å². The quantitative estimate of drug-likeness (QED) is 0.1000. The molecule has 0 N–H and O–H groups in total. The van der Waals surface area contributed by atoms with Crippen LogP contribution in [0.4, 0.5) is 0 Å². The highest BCUT2D eigenvalue weighted by Gasteiger charge is 2.34. The third kappa shape index (κ3) is 15.8. The van der Waals surface area contributed by atoms with Crippen LogP contribution in [-0.4, -0.2) is 23.1 Å². The molecule has 0 radical (unpaired) electrons. The summed E-state index contributed by atoms with van der Waals surface area (Å²) in [6, 6.07) is 0. The first kappa shape index (κ1) is 31.4. The summed E-state index contributed by atoms with van der Waals surface area (Å²) in [7, 11) is 0. The zero-order chi connectivity index (χ0) is 26.3. The van der Waals surface area contributed by atoms with Crippen LogP contribution in [0.3, 0.4) is 0 Å². The van der Waals surface area contributed by atoms with Gasteiger partial charge in [0.1, 0.15) is 11.2 Å². The maximum Gasteiger partial charge on any atom is 0.346 e. The van der Waals surface area contributed by atoms with E-state index in [9.17, 15) is 9.59 Å². The lowest BCUT2D eigenvalue weighted by Crippen LogP contribution is -2.32. The standard InChI is InChI=1S/C29H50O6/c1-8-9-14-18-24-21-20-23(22-25(24)27(31)33-35-29(5,6)7)17-15-12-10-11-13-16-19-26(30)32-34-28(2,3)4/h9,14,20-21,23-25H,8,10-13,15-19,22H2,1-7H3. The number of allylic oxidation sites excluding steroid dienone is 4. The van der Waals surface area contributed by atoms with E-state index in [0.29, 0.717) is 12.3 Å². The van der Waals surface area contributed by atoms with Crippen molar-refractivity contribution < 1.29 is 29.1 Å². The summed E-state index contributed by atoms with van der Waals surface area (Å²) in [5.41, 5.74) is -0.992. The SMILES string of the molecule is CCC=CCC1C=CC(CCCCCCCCC(=O)OOC(C)(C)C)CC1C(=O)OOC(C)(C)C. The predicted octanol–water partition coefficient (Wildman–Crippen LogP) is 7.82. The van der Waals surface area contributed by atoms with Crippen LogP contribution in [0.5, 0.6) is 0 Å². The average molecular weight is 495 g/mol. The van der Waals surface area contributed by atoms with Crippen molar-refractivity contribution >= 4 is 11.9 Å². The van der Waals surface area contributed by atoms with Crippen LogP contribution in [0.2, 0.25) is 0 Å². The van der Waals surface area contributed by atoms with E-state index in [1.807, 2.05) is 41.5 Å². The summed E-state index contributed by atoms with van der Waals surface area (Å²) >= 11 is 0. The van der Waals surface area contributed by atoms with Crippen molar-refractivity contribution in [3.05, 3.63) is 24.3 Å². The summed E-state index contributed by atoms with van der Waals surface area (Å²) < 4.78 is 0. The van der Waals surface area contributed by atoms with E-state index in [1.54, 1.807) is 0 Å². The van der Waals surface area contributed by atoms with E-state index in [-0.39, 0.29) is 23.8 Å². The van der Waals surface area contributed by atoms with E-state index in [1.165, 1.54) is 0 Å².